The van der Waals surface area contributed by atoms with Gasteiger partial charge in [0.2, 0.25) is 5.88 Å². The van der Waals surface area contributed by atoms with E-state index in [0.717, 1.165) is 6.07 Å². The summed E-state index contributed by atoms with van der Waals surface area (Å²) in [6.07, 6.45) is 3.43. The molecule has 0 radical (unpaired) electrons. The third-order valence-electron chi connectivity index (χ3n) is 3.78. The summed E-state index contributed by atoms with van der Waals surface area (Å²) in [5.41, 5.74) is 0.685. The summed E-state index contributed by atoms with van der Waals surface area (Å²) in [5.74, 6) is -1.19. The van der Waals surface area contributed by atoms with Gasteiger partial charge in [-0.1, -0.05) is 6.07 Å². The fourth-order valence-electron chi connectivity index (χ4n) is 2.48. The molecule has 10 heteroatoms. The number of hydrogen-bond donors (Lipinski definition) is 1. The van der Waals surface area contributed by atoms with Crippen LogP contribution < -0.4 is 14.2 Å². The van der Waals surface area contributed by atoms with Crippen molar-refractivity contribution < 1.29 is 22.9 Å². The van der Waals surface area contributed by atoms with E-state index >= 15 is 0 Å². The van der Waals surface area contributed by atoms with E-state index in [-0.39, 0.29) is 22.2 Å². The van der Waals surface area contributed by atoms with Gasteiger partial charge in [0.25, 0.3) is 5.91 Å². The smallest absolute Gasteiger partial charge is 0.281 e. The molecule has 1 N–H and O–H groups in total. The molecule has 0 aliphatic carbocycles. The lowest BCUT2D eigenvalue weighted by Crippen LogP contribution is -2.27. The number of hydrogen-bond acceptors (Lipinski definition) is 6. The van der Waals surface area contributed by atoms with Gasteiger partial charge in [-0.3, -0.25) is 14.2 Å². The van der Waals surface area contributed by atoms with E-state index in [0.29, 0.717) is 12.1 Å². The van der Waals surface area contributed by atoms with Gasteiger partial charge in [0.15, 0.2) is 11.0 Å². The lowest BCUT2D eigenvalue weighted by atomic mass is 10.2. The van der Waals surface area contributed by atoms with Crippen LogP contribution in [0, 0.1) is 5.82 Å². The molecule has 8 nitrogen and oxygen atoms in total. The molecular formula is C18H17FN4O4S. The SMILES string of the molecule is COc1cccc(F)c1S(=O)NC(=O)c1ccc(Cn2cccn2)c(OC)n1. The number of methoxy groups -OCH3 is 2. The van der Waals surface area contributed by atoms with Crippen LogP contribution >= 0.6 is 0 Å². The summed E-state index contributed by atoms with van der Waals surface area (Å²) in [6, 6.07) is 8.91. The largest absolute Gasteiger partial charge is 0.495 e. The van der Waals surface area contributed by atoms with Crippen molar-refractivity contribution >= 4 is 16.9 Å². The Bertz CT molecular complexity index is 1010. The second kappa shape index (κ2) is 8.61. The number of amides is 1. The molecule has 2 heterocycles. The van der Waals surface area contributed by atoms with Crippen LogP contribution in [0.15, 0.2) is 53.7 Å². The first kappa shape index (κ1) is 19.5. The molecule has 1 aromatic carbocycles. The second-order valence-corrected chi connectivity index (χ2v) is 6.69. The minimum atomic E-state index is -2.17. The van der Waals surface area contributed by atoms with Crippen LogP contribution in [-0.4, -0.2) is 39.1 Å². The van der Waals surface area contributed by atoms with Gasteiger partial charge in [-0.05, 0) is 30.3 Å². The van der Waals surface area contributed by atoms with Gasteiger partial charge < -0.3 is 9.47 Å². The number of pyridine rings is 1. The molecule has 0 bridgehead atoms. The van der Waals surface area contributed by atoms with Crippen LogP contribution in [0.4, 0.5) is 4.39 Å². The van der Waals surface area contributed by atoms with Crippen LogP contribution in [0.25, 0.3) is 0 Å². The predicted molar refractivity (Wildman–Crippen MR) is 98.9 cm³/mol. The number of halogens is 1. The monoisotopic (exact) mass is 404 g/mol. The van der Waals surface area contributed by atoms with Crippen LogP contribution in [0.2, 0.25) is 0 Å². The van der Waals surface area contributed by atoms with Crippen molar-refractivity contribution in [1.29, 1.82) is 0 Å². The Balaban J connectivity index is 1.80. The Labute approximate surface area is 162 Å². The highest BCUT2D eigenvalue weighted by molar-refractivity contribution is 7.83. The first-order valence-corrected chi connectivity index (χ1v) is 9.25. The normalized spacial score (nSPS) is 11.7. The molecule has 0 saturated carbocycles. The molecule has 2 aromatic heterocycles. The van der Waals surface area contributed by atoms with Crippen molar-refractivity contribution in [1.82, 2.24) is 19.5 Å². The van der Waals surface area contributed by atoms with Crippen molar-refractivity contribution in [2.75, 3.05) is 14.2 Å². The molecule has 1 atom stereocenters. The molecule has 0 saturated heterocycles. The number of ether oxygens (including phenoxy) is 2. The Morgan fingerprint density at radius 3 is 2.71 bits per heavy atom. The fraction of sp³-hybridized carbons (Fsp3) is 0.167. The third kappa shape index (κ3) is 4.17. The number of benzene rings is 1. The molecular weight excluding hydrogens is 387 g/mol. The van der Waals surface area contributed by atoms with Crippen molar-refractivity contribution in [2.45, 2.75) is 11.4 Å². The van der Waals surface area contributed by atoms with E-state index in [2.05, 4.69) is 14.8 Å². The van der Waals surface area contributed by atoms with Crippen molar-refractivity contribution in [3.8, 4) is 11.6 Å². The summed E-state index contributed by atoms with van der Waals surface area (Å²) in [5, 5.41) is 4.11. The fourth-order valence-corrected chi connectivity index (χ4v) is 3.43. The van der Waals surface area contributed by atoms with E-state index in [9.17, 15) is 13.4 Å². The molecule has 3 aromatic rings. The number of rotatable bonds is 7. The number of carbonyl (C=O) groups is 1. The average Bonchev–Trinajstić information content (AvgIpc) is 3.20. The highest BCUT2D eigenvalue weighted by Gasteiger charge is 2.20. The number of aromatic nitrogens is 3. The molecule has 0 aliphatic heterocycles. The van der Waals surface area contributed by atoms with Crippen molar-refractivity contribution in [2.24, 2.45) is 0 Å². The highest BCUT2D eigenvalue weighted by atomic mass is 32.2. The van der Waals surface area contributed by atoms with Gasteiger partial charge >= 0.3 is 0 Å². The summed E-state index contributed by atoms with van der Waals surface area (Å²) < 4.78 is 40.6. The van der Waals surface area contributed by atoms with Crippen molar-refractivity contribution in [3.63, 3.8) is 0 Å². The summed E-state index contributed by atoms with van der Waals surface area (Å²) in [7, 11) is 0.580. The van der Waals surface area contributed by atoms with E-state index in [1.807, 2.05) is 0 Å². The van der Waals surface area contributed by atoms with Crippen LogP contribution in [-0.2, 0) is 17.5 Å². The minimum Gasteiger partial charge on any atom is -0.495 e. The summed E-state index contributed by atoms with van der Waals surface area (Å²) >= 11 is 0. The highest BCUT2D eigenvalue weighted by Crippen LogP contribution is 2.24. The number of nitrogens with zero attached hydrogens (tertiary/aromatic N) is 3. The maximum atomic E-state index is 14.0. The van der Waals surface area contributed by atoms with Crippen molar-refractivity contribution in [3.05, 3.63) is 65.9 Å². The quantitative estimate of drug-likeness (QED) is 0.647. The molecule has 1 unspecified atom stereocenters. The lowest BCUT2D eigenvalue weighted by molar-refractivity contribution is 0.0977. The lowest BCUT2D eigenvalue weighted by Gasteiger charge is -2.11. The van der Waals surface area contributed by atoms with Gasteiger partial charge in [0.05, 0.1) is 20.8 Å². The summed E-state index contributed by atoms with van der Waals surface area (Å²) in [6.45, 7) is 0.406. The zero-order valence-corrected chi connectivity index (χ0v) is 15.9. The Morgan fingerprint density at radius 1 is 1.21 bits per heavy atom. The Hall–Kier alpha value is -3.27. The Morgan fingerprint density at radius 2 is 2.04 bits per heavy atom. The van der Waals surface area contributed by atoms with E-state index < -0.39 is 22.7 Å². The molecule has 3 rings (SSSR count). The molecule has 146 valence electrons. The topological polar surface area (TPSA) is 95.3 Å². The predicted octanol–water partition coefficient (Wildman–Crippen LogP) is 1.94. The standard InChI is InChI=1S/C18H17FN4O4S/c1-26-15-6-3-5-13(19)16(15)28(25)22-17(24)14-8-7-12(18(21-14)27-2)11-23-10-4-9-20-23/h3-10H,11H2,1-2H3,(H,22,24). The average molecular weight is 404 g/mol. The van der Waals surface area contributed by atoms with E-state index in [4.69, 9.17) is 9.47 Å². The summed E-state index contributed by atoms with van der Waals surface area (Å²) in [4.78, 5) is 16.3. The molecule has 28 heavy (non-hydrogen) atoms. The second-order valence-electron chi connectivity index (χ2n) is 5.54. The minimum absolute atomic E-state index is 0.0234. The van der Waals surface area contributed by atoms with Gasteiger partial charge in [-0.25, -0.2) is 13.6 Å². The third-order valence-corrected chi connectivity index (χ3v) is 4.92. The van der Waals surface area contributed by atoms with Crippen LogP contribution in [0.1, 0.15) is 16.1 Å². The zero-order chi connectivity index (χ0) is 20.1. The first-order valence-electron chi connectivity index (χ1n) is 8.10. The first-order chi connectivity index (χ1) is 13.5. The zero-order valence-electron chi connectivity index (χ0n) is 15.1. The van der Waals surface area contributed by atoms with E-state index in [1.165, 1.54) is 32.4 Å². The van der Waals surface area contributed by atoms with Crippen LogP contribution in [0.5, 0.6) is 11.6 Å². The van der Waals surface area contributed by atoms with Crippen LogP contribution in [0.3, 0.4) is 0 Å². The van der Waals surface area contributed by atoms with Gasteiger partial charge in [-0.15, -0.1) is 0 Å². The molecule has 0 aliphatic rings. The molecule has 0 fully saturated rings. The maximum Gasteiger partial charge on any atom is 0.281 e. The maximum absolute atomic E-state index is 14.0. The molecule has 0 spiro atoms. The van der Waals surface area contributed by atoms with E-state index in [1.54, 1.807) is 29.2 Å². The Kier molecular flexibility index (Phi) is 5.99. The van der Waals surface area contributed by atoms with Gasteiger partial charge in [-0.2, -0.15) is 5.10 Å². The number of carbonyl (C=O) groups excluding carboxylic acids is 1. The molecule has 1 amide bonds. The number of nitrogens with one attached hydrogen (secondary N) is 1. The van der Waals surface area contributed by atoms with Gasteiger partial charge in [0.1, 0.15) is 22.2 Å². The van der Waals surface area contributed by atoms with Gasteiger partial charge in [0, 0.05) is 18.0 Å².